The summed E-state index contributed by atoms with van der Waals surface area (Å²) in [4.78, 5) is 11.9. The van der Waals surface area contributed by atoms with Crippen LogP contribution in [0, 0.1) is 5.92 Å². The van der Waals surface area contributed by atoms with E-state index in [-0.39, 0.29) is 18.1 Å². The van der Waals surface area contributed by atoms with E-state index >= 15 is 0 Å². The number of ether oxygens (including phenoxy) is 1. The fourth-order valence-corrected chi connectivity index (χ4v) is 2.69. The number of amides is 1. The summed E-state index contributed by atoms with van der Waals surface area (Å²) in [5.74, 6) is 0.413. The van der Waals surface area contributed by atoms with Crippen LogP contribution in [0.1, 0.15) is 50.0 Å². The molecule has 1 saturated heterocycles. The van der Waals surface area contributed by atoms with Gasteiger partial charge < -0.3 is 14.6 Å². The van der Waals surface area contributed by atoms with E-state index in [9.17, 15) is 4.79 Å². The molecule has 1 aliphatic rings. The first-order chi connectivity index (χ1) is 9.24. The molecule has 1 aliphatic heterocycles. The molecule has 0 aliphatic carbocycles. The van der Waals surface area contributed by atoms with Crippen LogP contribution in [0.3, 0.4) is 0 Å². The van der Waals surface area contributed by atoms with Crippen LogP contribution in [0.2, 0.25) is 0 Å². The Labute approximate surface area is 113 Å². The zero-order valence-corrected chi connectivity index (χ0v) is 11.6. The Kier molecular flexibility index (Phi) is 4.96. The number of carbonyl (C=O) groups excluding carboxylic acids is 1. The third kappa shape index (κ3) is 3.56. The molecule has 1 N–H and O–H groups in total. The average Bonchev–Trinajstić information content (AvgIpc) is 2.94. The smallest absolute Gasteiger partial charge is 0.273 e. The molecule has 0 spiro atoms. The molecule has 1 amide bonds. The number of hydrogen-bond donors (Lipinski definition) is 1. The normalized spacial score (nSPS) is 23.5. The lowest BCUT2D eigenvalue weighted by Crippen LogP contribution is -2.44. The van der Waals surface area contributed by atoms with Crippen molar-refractivity contribution in [3.63, 3.8) is 0 Å². The van der Waals surface area contributed by atoms with Gasteiger partial charge in [0.25, 0.3) is 5.91 Å². The minimum Gasteiger partial charge on any atom is -0.378 e. The van der Waals surface area contributed by atoms with Gasteiger partial charge in [0.15, 0.2) is 5.69 Å². The summed E-state index contributed by atoms with van der Waals surface area (Å²) in [6.07, 6.45) is 5.64. The first-order valence-electron chi connectivity index (χ1n) is 7.07. The summed E-state index contributed by atoms with van der Waals surface area (Å²) in [6.45, 7) is 5.09. The fourth-order valence-electron chi connectivity index (χ4n) is 2.69. The highest BCUT2D eigenvalue weighted by Crippen LogP contribution is 2.25. The topological polar surface area (TPSA) is 64.4 Å². The molecule has 2 heterocycles. The van der Waals surface area contributed by atoms with Crippen LogP contribution in [0.5, 0.6) is 0 Å². The number of nitrogens with zero attached hydrogens (tertiary/aromatic N) is 1. The summed E-state index contributed by atoms with van der Waals surface area (Å²) < 4.78 is 10.5. The van der Waals surface area contributed by atoms with Gasteiger partial charge in [0.2, 0.25) is 0 Å². The zero-order chi connectivity index (χ0) is 13.7. The van der Waals surface area contributed by atoms with E-state index in [1.807, 2.05) is 0 Å². The van der Waals surface area contributed by atoms with E-state index in [4.69, 9.17) is 4.74 Å². The second-order valence-corrected chi connectivity index (χ2v) is 5.07. The van der Waals surface area contributed by atoms with Gasteiger partial charge in [-0.25, -0.2) is 0 Å². The van der Waals surface area contributed by atoms with Crippen molar-refractivity contribution < 1.29 is 14.1 Å². The van der Waals surface area contributed by atoms with Gasteiger partial charge in [0.1, 0.15) is 6.26 Å². The number of aromatic nitrogens is 1. The van der Waals surface area contributed by atoms with Crippen LogP contribution in [0.4, 0.5) is 0 Å². The van der Waals surface area contributed by atoms with Crippen LogP contribution in [0.15, 0.2) is 16.9 Å². The van der Waals surface area contributed by atoms with E-state index in [1.54, 1.807) is 6.07 Å². The summed E-state index contributed by atoms with van der Waals surface area (Å²) in [7, 11) is 0. The summed E-state index contributed by atoms with van der Waals surface area (Å²) in [5.41, 5.74) is 0.338. The van der Waals surface area contributed by atoms with Crippen molar-refractivity contribution in [3.05, 3.63) is 18.0 Å². The molecule has 1 aromatic heterocycles. The Morgan fingerprint density at radius 1 is 1.53 bits per heavy atom. The first kappa shape index (κ1) is 14.1. The van der Waals surface area contributed by atoms with Crippen molar-refractivity contribution in [1.82, 2.24) is 10.5 Å². The molecule has 1 aromatic rings. The molecule has 19 heavy (non-hydrogen) atoms. The Balaban J connectivity index is 1.89. The Morgan fingerprint density at radius 2 is 2.32 bits per heavy atom. The van der Waals surface area contributed by atoms with Crippen molar-refractivity contribution in [2.24, 2.45) is 5.92 Å². The number of rotatable bonds is 5. The predicted octanol–water partition coefficient (Wildman–Crippen LogP) is 2.39. The lowest BCUT2D eigenvalue weighted by atomic mass is 9.89. The van der Waals surface area contributed by atoms with Crippen LogP contribution < -0.4 is 5.32 Å². The molecule has 2 atom stereocenters. The quantitative estimate of drug-likeness (QED) is 0.888. The molecule has 106 valence electrons. The molecule has 0 radical (unpaired) electrons. The van der Waals surface area contributed by atoms with Gasteiger partial charge in [-0.15, -0.1) is 0 Å². The second-order valence-electron chi connectivity index (χ2n) is 5.07. The van der Waals surface area contributed by atoms with E-state index in [0.29, 0.717) is 18.2 Å². The predicted molar refractivity (Wildman–Crippen MR) is 70.8 cm³/mol. The monoisotopic (exact) mass is 266 g/mol. The number of nitrogens with one attached hydrogen (secondary N) is 1. The molecular formula is C14H22N2O3. The lowest BCUT2D eigenvalue weighted by molar-refractivity contribution is -0.0337. The minimum absolute atomic E-state index is 0.163. The number of hydrogen-bond acceptors (Lipinski definition) is 4. The molecule has 2 rings (SSSR count). The molecular weight excluding hydrogens is 244 g/mol. The molecule has 0 bridgehead atoms. The summed E-state index contributed by atoms with van der Waals surface area (Å²) in [5, 5.41) is 6.66. The van der Waals surface area contributed by atoms with Crippen LogP contribution in [0.25, 0.3) is 0 Å². The molecule has 0 saturated carbocycles. The van der Waals surface area contributed by atoms with Crippen LogP contribution in [-0.4, -0.2) is 29.8 Å². The van der Waals surface area contributed by atoms with Crippen molar-refractivity contribution in [2.45, 2.75) is 51.7 Å². The van der Waals surface area contributed by atoms with Gasteiger partial charge >= 0.3 is 0 Å². The van der Waals surface area contributed by atoms with Gasteiger partial charge in [-0.1, -0.05) is 31.8 Å². The zero-order valence-electron chi connectivity index (χ0n) is 11.6. The third-order valence-corrected chi connectivity index (χ3v) is 3.90. The highest BCUT2D eigenvalue weighted by Gasteiger charge is 2.28. The molecule has 0 unspecified atom stereocenters. The van der Waals surface area contributed by atoms with Crippen molar-refractivity contribution in [1.29, 1.82) is 0 Å². The van der Waals surface area contributed by atoms with Crippen LogP contribution in [-0.2, 0) is 4.74 Å². The molecule has 0 aromatic carbocycles. The van der Waals surface area contributed by atoms with Crippen molar-refractivity contribution in [3.8, 4) is 0 Å². The van der Waals surface area contributed by atoms with Gasteiger partial charge in [0.05, 0.1) is 6.10 Å². The molecule has 1 fully saturated rings. The Hall–Kier alpha value is -1.36. The fraction of sp³-hybridized carbons (Fsp3) is 0.714. The van der Waals surface area contributed by atoms with E-state index < -0.39 is 0 Å². The summed E-state index contributed by atoms with van der Waals surface area (Å²) in [6, 6.07) is 1.75. The maximum atomic E-state index is 11.9. The Bertz CT molecular complexity index is 387. The highest BCUT2D eigenvalue weighted by atomic mass is 16.5. The van der Waals surface area contributed by atoms with E-state index in [1.165, 1.54) is 6.26 Å². The minimum atomic E-state index is -0.163. The van der Waals surface area contributed by atoms with Gasteiger partial charge in [0, 0.05) is 18.7 Å². The van der Waals surface area contributed by atoms with E-state index in [2.05, 4.69) is 28.8 Å². The maximum Gasteiger partial charge on any atom is 0.273 e. The standard InChI is InChI=1S/C14H22N2O3/c1-3-10(4-2)13-9-11(5-7-18-13)15-14(17)12-6-8-19-16-12/h6,8,10-11,13H,3-5,7,9H2,1-2H3,(H,15,17)/t11-,13-/m1/s1. The van der Waals surface area contributed by atoms with Gasteiger partial charge in [-0.2, -0.15) is 0 Å². The summed E-state index contributed by atoms with van der Waals surface area (Å²) >= 11 is 0. The highest BCUT2D eigenvalue weighted by molar-refractivity contribution is 5.92. The van der Waals surface area contributed by atoms with Gasteiger partial charge in [-0.05, 0) is 18.8 Å². The average molecular weight is 266 g/mol. The first-order valence-corrected chi connectivity index (χ1v) is 7.07. The van der Waals surface area contributed by atoms with Crippen molar-refractivity contribution >= 4 is 5.91 Å². The van der Waals surface area contributed by atoms with Gasteiger partial charge in [-0.3, -0.25) is 4.79 Å². The largest absolute Gasteiger partial charge is 0.378 e. The van der Waals surface area contributed by atoms with E-state index in [0.717, 1.165) is 25.7 Å². The van der Waals surface area contributed by atoms with Crippen molar-refractivity contribution in [2.75, 3.05) is 6.61 Å². The Morgan fingerprint density at radius 3 is 2.95 bits per heavy atom. The SMILES string of the molecule is CCC(CC)[C@H]1C[C@H](NC(=O)c2ccon2)CCO1. The number of carbonyl (C=O) groups is 1. The van der Waals surface area contributed by atoms with Crippen LogP contribution >= 0.6 is 0 Å². The third-order valence-electron chi connectivity index (χ3n) is 3.90. The molecule has 5 nitrogen and oxygen atoms in total. The maximum absolute atomic E-state index is 11.9. The second kappa shape index (κ2) is 6.70. The molecule has 5 heteroatoms. The lowest BCUT2D eigenvalue weighted by Gasteiger charge is -2.34.